The Hall–Kier alpha value is -0.900. The van der Waals surface area contributed by atoms with E-state index in [1.165, 1.54) is 36.1 Å². The van der Waals surface area contributed by atoms with Crippen LogP contribution in [0.15, 0.2) is 18.2 Å². The second-order valence-electron chi connectivity index (χ2n) is 5.95. The Kier molecular flexibility index (Phi) is 6.02. The lowest BCUT2D eigenvalue weighted by molar-refractivity contribution is 0.138. The SMILES string of the molecule is COCCN(Cc1ccc(C)cc1C)CC1CCCN1. The quantitative estimate of drug-likeness (QED) is 0.828. The zero-order chi connectivity index (χ0) is 14.4. The van der Waals surface area contributed by atoms with Crippen molar-refractivity contribution in [2.75, 3.05) is 33.4 Å². The van der Waals surface area contributed by atoms with E-state index in [4.69, 9.17) is 4.74 Å². The van der Waals surface area contributed by atoms with Gasteiger partial charge in [0, 0.05) is 32.8 Å². The van der Waals surface area contributed by atoms with E-state index in [0.717, 1.165) is 26.2 Å². The molecular weight excluding hydrogens is 248 g/mol. The van der Waals surface area contributed by atoms with Crippen molar-refractivity contribution in [3.63, 3.8) is 0 Å². The number of methoxy groups -OCH3 is 1. The van der Waals surface area contributed by atoms with Crippen LogP contribution in [0, 0.1) is 13.8 Å². The summed E-state index contributed by atoms with van der Waals surface area (Å²) < 4.78 is 5.26. The maximum atomic E-state index is 5.26. The van der Waals surface area contributed by atoms with E-state index in [2.05, 4.69) is 42.3 Å². The van der Waals surface area contributed by atoms with Crippen molar-refractivity contribution in [2.45, 2.75) is 39.3 Å². The molecule has 1 aromatic carbocycles. The van der Waals surface area contributed by atoms with Crippen molar-refractivity contribution in [3.05, 3.63) is 34.9 Å². The third-order valence-electron chi connectivity index (χ3n) is 4.14. The van der Waals surface area contributed by atoms with Gasteiger partial charge in [0.15, 0.2) is 0 Å². The molecule has 112 valence electrons. The Balaban J connectivity index is 1.97. The molecule has 2 rings (SSSR count). The van der Waals surface area contributed by atoms with E-state index in [1.54, 1.807) is 7.11 Å². The van der Waals surface area contributed by atoms with Gasteiger partial charge in [-0.25, -0.2) is 0 Å². The highest BCUT2D eigenvalue weighted by Gasteiger charge is 2.18. The number of ether oxygens (including phenoxy) is 1. The Morgan fingerprint density at radius 3 is 2.85 bits per heavy atom. The minimum atomic E-state index is 0.651. The van der Waals surface area contributed by atoms with Crippen molar-refractivity contribution in [1.29, 1.82) is 0 Å². The lowest BCUT2D eigenvalue weighted by atomic mass is 10.0. The van der Waals surface area contributed by atoms with Gasteiger partial charge in [-0.1, -0.05) is 23.8 Å². The van der Waals surface area contributed by atoms with Crippen molar-refractivity contribution in [3.8, 4) is 0 Å². The summed E-state index contributed by atoms with van der Waals surface area (Å²) in [5.41, 5.74) is 4.17. The van der Waals surface area contributed by atoms with Gasteiger partial charge in [0.2, 0.25) is 0 Å². The van der Waals surface area contributed by atoms with Crippen LogP contribution in [0.4, 0.5) is 0 Å². The summed E-state index contributed by atoms with van der Waals surface area (Å²) in [7, 11) is 1.78. The molecule has 1 N–H and O–H groups in total. The topological polar surface area (TPSA) is 24.5 Å². The minimum Gasteiger partial charge on any atom is -0.383 e. The summed E-state index contributed by atoms with van der Waals surface area (Å²) in [6.45, 7) is 9.49. The van der Waals surface area contributed by atoms with Gasteiger partial charge in [-0.2, -0.15) is 0 Å². The van der Waals surface area contributed by atoms with Crippen LogP contribution in [0.5, 0.6) is 0 Å². The zero-order valence-corrected chi connectivity index (χ0v) is 13.1. The second-order valence-corrected chi connectivity index (χ2v) is 5.95. The number of hydrogen-bond acceptors (Lipinski definition) is 3. The first-order valence-electron chi connectivity index (χ1n) is 7.70. The molecule has 20 heavy (non-hydrogen) atoms. The first-order chi connectivity index (χ1) is 9.69. The number of rotatable bonds is 7. The van der Waals surface area contributed by atoms with E-state index in [9.17, 15) is 0 Å². The predicted molar refractivity (Wildman–Crippen MR) is 84.1 cm³/mol. The van der Waals surface area contributed by atoms with E-state index in [0.29, 0.717) is 6.04 Å². The largest absolute Gasteiger partial charge is 0.383 e. The molecule has 0 radical (unpaired) electrons. The molecule has 1 fully saturated rings. The standard InChI is InChI=1S/C17H28N2O/c1-14-6-7-16(15(2)11-14)12-19(9-10-20-3)13-17-5-4-8-18-17/h6-7,11,17-18H,4-5,8-10,12-13H2,1-3H3. The highest BCUT2D eigenvalue weighted by atomic mass is 16.5. The third-order valence-corrected chi connectivity index (χ3v) is 4.14. The van der Waals surface area contributed by atoms with Crippen molar-refractivity contribution >= 4 is 0 Å². The minimum absolute atomic E-state index is 0.651. The van der Waals surface area contributed by atoms with Crippen molar-refractivity contribution in [1.82, 2.24) is 10.2 Å². The van der Waals surface area contributed by atoms with Crippen molar-refractivity contribution < 1.29 is 4.74 Å². The van der Waals surface area contributed by atoms with Gasteiger partial charge >= 0.3 is 0 Å². The fourth-order valence-corrected chi connectivity index (χ4v) is 2.94. The lowest BCUT2D eigenvalue weighted by Crippen LogP contribution is -2.38. The van der Waals surface area contributed by atoms with Gasteiger partial charge in [0.1, 0.15) is 0 Å². The number of nitrogens with one attached hydrogen (secondary N) is 1. The van der Waals surface area contributed by atoms with E-state index < -0.39 is 0 Å². The van der Waals surface area contributed by atoms with Crippen LogP contribution in [0.3, 0.4) is 0 Å². The van der Waals surface area contributed by atoms with Crippen molar-refractivity contribution in [2.24, 2.45) is 0 Å². The normalized spacial score (nSPS) is 18.9. The fraction of sp³-hybridized carbons (Fsp3) is 0.647. The van der Waals surface area contributed by atoms with Crippen LogP contribution in [0.2, 0.25) is 0 Å². The average molecular weight is 276 g/mol. The van der Waals surface area contributed by atoms with Crippen LogP contribution in [-0.4, -0.2) is 44.3 Å². The lowest BCUT2D eigenvalue weighted by Gasteiger charge is -2.26. The number of hydrogen-bond donors (Lipinski definition) is 1. The van der Waals surface area contributed by atoms with Crippen LogP contribution >= 0.6 is 0 Å². The monoisotopic (exact) mass is 276 g/mol. The Bertz CT molecular complexity index is 413. The molecule has 1 saturated heterocycles. The molecule has 1 atom stereocenters. The molecule has 0 saturated carbocycles. The molecule has 1 aliphatic rings. The number of aryl methyl sites for hydroxylation is 2. The molecular formula is C17H28N2O. The molecule has 3 nitrogen and oxygen atoms in total. The summed E-state index contributed by atoms with van der Waals surface area (Å²) >= 11 is 0. The molecule has 3 heteroatoms. The van der Waals surface area contributed by atoms with Gasteiger partial charge in [-0.05, 0) is 44.4 Å². The molecule has 1 heterocycles. The van der Waals surface area contributed by atoms with E-state index in [1.807, 2.05) is 0 Å². The second kappa shape index (κ2) is 7.77. The molecule has 1 unspecified atom stereocenters. The van der Waals surface area contributed by atoms with E-state index in [-0.39, 0.29) is 0 Å². The third kappa shape index (κ3) is 4.58. The highest BCUT2D eigenvalue weighted by Crippen LogP contribution is 2.15. The molecule has 1 aliphatic heterocycles. The fourth-order valence-electron chi connectivity index (χ4n) is 2.94. The van der Waals surface area contributed by atoms with Gasteiger partial charge < -0.3 is 10.1 Å². The number of nitrogens with zero attached hydrogens (tertiary/aromatic N) is 1. The molecule has 0 spiro atoms. The van der Waals surface area contributed by atoms with Gasteiger partial charge in [0.05, 0.1) is 6.61 Å². The maximum Gasteiger partial charge on any atom is 0.0589 e. The highest BCUT2D eigenvalue weighted by molar-refractivity contribution is 5.30. The van der Waals surface area contributed by atoms with Crippen LogP contribution < -0.4 is 5.32 Å². The molecule has 1 aromatic rings. The smallest absolute Gasteiger partial charge is 0.0589 e. The number of benzene rings is 1. The average Bonchev–Trinajstić information content (AvgIpc) is 2.92. The van der Waals surface area contributed by atoms with Gasteiger partial charge in [-0.3, -0.25) is 4.90 Å². The Morgan fingerprint density at radius 2 is 2.20 bits per heavy atom. The van der Waals surface area contributed by atoms with Gasteiger partial charge in [-0.15, -0.1) is 0 Å². The summed E-state index contributed by atoms with van der Waals surface area (Å²) in [4.78, 5) is 2.52. The molecule has 0 amide bonds. The first kappa shape index (κ1) is 15.5. The van der Waals surface area contributed by atoms with E-state index >= 15 is 0 Å². The molecule has 0 aliphatic carbocycles. The predicted octanol–water partition coefficient (Wildman–Crippen LogP) is 2.50. The summed E-state index contributed by atoms with van der Waals surface area (Å²) in [5, 5.41) is 3.59. The maximum absolute atomic E-state index is 5.26. The van der Waals surface area contributed by atoms with Gasteiger partial charge in [0.25, 0.3) is 0 Å². The summed E-state index contributed by atoms with van der Waals surface area (Å²) in [5.74, 6) is 0. The van der Waals surface area contributed by atoms with Crippen LogP contribution in [0.25, 0.3) is 0 Å². The summed E-state index contributed by atoms with van der Waals surface area (Å²) in [6, 6.07) is 7.41. The van der Waals surface area contributed by atoms with Crippen LogP contribution in [-0.2, 0) is 11.3 Å². The Morgan fingerprint density at radius 1 is 1.35 bits per heavy atom. The summed E-state index contributed by atoms with van der Waals surface area (Å²) in [6.07, 6.45) is 2.61. The molecule has 0 aromatic heterocycles. The molecule has 0 bridgehead atoms. The zero-order valence-electron chi connectivity index (χ0n) is 13.1. The Labute approximate surface area is 123 Å². The van der Waals surface area contributed by atoms with Crippen LogP contribution in [0.1, 0.15) is 29.5 Å². The first-order valence-corrected chi connectivity index (χ1v) is 7.70.